The molecule has 5 heteroatoms. The summed E-state index contributed by atoms with van der Waals surface area (Å²) in [4.78, 5) is 14.7. The molecule has 2 atom stereocenters. The molecule has 1 fully saturated rings. The van der Waals surface area contributed by atoms with Crippen LogP contribution in [-0.4, -0.2) is 38.3 Å². The molecule has 0 saturated carbocycles. The van der Waals surface area contributed by atoms with Crippen molar-refractivity contribution in [3.8, 4) is 5.75 Å². The third kappa shape index (κ3) is 4.12. The second-order valence-corrected chi connectivity index (χ2v) is 6.38. The lowest BCUT2D eigenvalue weighted by molar-refractivity contribution is 0.0344. The van der Waals surface area contributed by atoms with Crippen molar-refractivity contribution in [1.29, 1.82) is 0 Å². The standard InChI is InChI=1S/C20H24N2O3/c1-14-13-25-15(2)12-22(14)18-9-7-17(8-10-18)21-20(23)16-5-4-6-19(11-16)24-3/h4-11,14-15H,12-13H2,1-3H3,(H,21,23). The van der Waals surface area contributed by atoms with E-state index in [1.54, 1.807) is 25.3 Å². The Kier molecular flexibility index (Phi) is 5.24. The summed E-state index contributed by atoms with van der Waals surface area (Å²) in [5.41, 5.74) is 2.48. The van der Waals surface area contributed by atoms with Gasteiger partial charge in [-0.1, -0.05) is 6.07 Å². The van der Waals surface area contributed by atoms with Gasteiger partial charge in [0, 0.05) is 29.5 Å². The predicted octanol–water partition coefficient (Wildman–Crippen LogP) is 3.56. The van der Waals surface area contributed by atoms with Crippen LogP contribution in [0, 0.1) is 0 Å². The molecule has 1 saturated heterocycles. The second kappa shape index (κ2) is 7.57. The number of hydrogen-bond donors (Lipinski definition) is 1. The van der Waals surface area contributed by atoms with Gasteiger partial charge in [0.25, 0.3) is 5.91 Å². The van der Waals surface area contributed by atoms with E-state index in [2.05, 4.69) is 24.1 Å². The zero-order valence-corrected chi connectivity index (χ0v) is 14.9. The van der Waals surface area contributed by atoms with E-state index in [0.717, 1.165) is 24.5 Å². The van der Waals surface area contributed by atoms with Crippen LogP contribution >= 0.6 is 0 Å². The van der Waals surface area contributed by atoms with Crippen LogP contribution in [0.5, 0.6) is 5.75 Å². The van der Waals surface area contributed by atoms with E-state index in [1.165, 1.54) is 0 Å². The van der Waals surface area contributed by atoms with E-state index in [9.17, 15) is 4.79 Å². The van der Waals surface area contributed by atoms with Crippen LogP contribution in [0.2, 0.25) is 0 Å². The van der Waals surface area contributed by atoms with E-state index in [1.807, 2.05) is 30.3 Å². The number of rotatable bonds is 4. The highest BCUT2D eigenvalue weighted by atomic mass is 16.5. The summed E-state index contributed by atoms with van der Waals surface area (Å²) < 4.78 is 10.8. The molecule has 0 bridgehead atoms. The number of morpholine rings is 1. The van der Waals surface area contributed by atoms with Crippen molar-refractivity contribution in [2.75, 3.05) is 30.5 Å². The third-order valence-corrected chi connectivity index (χ3v) is 4.40. The van der Waals surface area contributed by atoms with Crippen molar-refractivity contribution in [3.05, 3.63) is 54.1 Å². The number of amides is 1. The fraction of sp³-hybridized carbons (Fsp3) is 0.350. The van der Waals surface area contributed by atoms with Gasteiger partial charge in [-0.05, 0) is 56.3 Å². The van der Waals surface area contributed by atoms with Crippen LogP contribution in [0.15, 0.2) is 48.5 Å². The van der Waals surface area contributed by atoms with E-state index in [-0.39, 0.29) is 12.0 Å². The average molecular weight is 340 g/mol. The first-order chi connectivity index (χ1) is 12.1. The first-order valence-electron chi connectivity index (χ1n) is 8.50. The van der Waals surface area contributed by atoms with Crippen molar-refractivity contribution >= 4 is 17.3 Å². The molecule has 1 aliphatic heterocycles. The highest BCUT2D eigenvalue weighted by Crippen LogP contribution is 2.24. The number of anilines is 2. The van der Waals surface area contributed by atoms with Gasteiger partial charge in [-0.3, -0.25) is 4.79 Å². The maximum Gasteiger partial charge on any atom is 0.255 e. The topological polar surface area (TPSA) is 50.8 Å². The van der Waals surface area contributed by atoms with E-state index < -0.39 is 0 Å². The van der Waals surface area contributed by atoms with Gasteiger partial charge in [-0.2, -0.15) is 0 Å². The quantitative estimate of drug-likeness (QED) is 0.924. The van der Waals surface area contributed by atoms with E-state index in [0.29, 0.717) is 17.4 Å². The van der Waals surface area contributed by atoms with Crippen molar-refractivity contribution in [3.63, 3.8) is 0 Å². The third-order valence-electron chi connectivity index (χ3n) is 4.40. The number of hydrogen-bond acceptors (Lipinski definition) is 4. The monoisotopic (exact) mass is 340 g/mol. The summed E-state index contributed by atoms with van der Waals surface area (Å²) in [6, 6.07) is 15.4. The molecule has 0 aliphatic carbocycles. The van der Waals surface area contributed by atoms with Gasteiger partial charge in [-0.25, -0.2) is 0 Å². The minimum atomic E-state index is -0.153. The molecule has 0 spiro atoms. The maximum atomic E-state index is 12.4. The molecule has 0 aromatic heterocycles. The molecule has 1 aliphatic rings. The highest BCUT2D eigenvalue weighted by molar-refractivity contribution is 6.04. The van der Waals surface area contributed by atoms with Crippen LogP contribution in [0.1, 0.15) is 24.2 Å². The second-order valence-electron chi connectivity index (χ2n) is 6.38. The molecule has 1 amide bonds. The first kappa shape index (κ1) is 17.3. The number of nitrogens with zero attached hydrogens (tertiary/aromatic N) is 1. The van der Waals surface area contributed by atoms with Gasteiger partial charge in [-0.15, -0.1) is 0 Å². The highest BCUT2D eigenvalue weighted by Gasteiger charge is 2.23. The number of nitrogens with one attached hydrogen (secondary N) is 1. The Morgan fingerprint density at radius 1 is 1.20 bits per heavy atom. The Morgan fingerprint density at radius 2 is 1.96 bits per heavy atom. The number of carbonyl (C=O) groups excluding carboxylic acids is 1. The van der Waals surface area contributed by atoms with Gasteiger partial charge in [0.2, 0.25) is 0 Å². The fourth-order valence-electron chi connectivity index (χ4n) is 2.97. The average Bonchev–Trinajstić information content (AvgIpc) is 2.64. The zero-order chi connectivity index (χ0) is 17.8. The van der Waals surface area contributed by atoms with Crippen LogP contribution < -0.4 is 15.0 Å². The van der Waals surface area contributed by atoms with Gasteiger partial charge in [0.05, 0.1) is 19.8 Å². The van der Waals surface area contributed by atoms with Gasteiger partial charge < -0.3 is 19.7 Å². The molecule has 132 valence electrons. The molecular weight excluding hydrogens is 316 g/mol. The molecular formula is C20H24N2O3. The van der Waals surface area contributed by atoms with Crippen molar-refractivity contribution in [1.82, 2.24) is 0 Å². The molecule has 3 rings (SSSR count). The predicted molar refractivity (Wildman–Crippen MR) is 99.6 cm³/mol. The summed E-state index contributed by atoms with van der Waals surface area (Å²) in [6.45, 7) is 5.85. The minimum Gasteiger partial charge on any atom is -0.497 e. The van der Waals surface area contributed by atoms with Crippen LogP contribution in [0.4, 0.5) is 11.4 Å². The first-order valence-corrected chi connectivity index (χ1v) is 8.50. The zero-order valence-electron chi connectivity index (χ0n) is 14.9. The molecule has 1 N–H and O–H groups in total. The van der Waals surface area contributed by atoms with Gasteiger partial charge in [0.1, 0.15) is 5.75 Å². The molecule has 1 heterocycles. The fourth-order valence-corrected chi connectivity index (χ4v) is 2.97. The summed E-state index contributed by atoms with van der Waals surface area (Å²) in [5, 5.41) is 2.92. The van der Waals surface area contributed by atoms with Crippen LogP contribution in [0.25, 0.3) is 0 Å². The lowest BCUT2D eigenvalue weighted by Gasteiger charge is -2.38. The molecule has 2 unspecified atom stereocenters. The van der Waals surface area contributed by atoms with E-state index in [4.69, 9.17) is 9.47 Å². The SMILES string of the molecule is COc1cccc(C(=O)Nc2ccc(N3CC(C)OCC3C)cc2)c1. The number of carbonyl (C=O) groups is 1. The molecule has 0 radical (unpaired) electrons. The molecule has 25 heavy (non-hydrogen) atoms. The van der Waals surface area contributed by atoms with Crippen molar-refractivity contribution < 1.29 is 14.3 Å². The maximum absolute atomic E-state index is 12.4. The van der Waals surface area contributed by atoms with Crippen molar-refractivity contribution in [2.45, 2.75) is 26.0 Å². The number of benzene rings is 2. The smallest absolute Gasteiger partial charge is 0.255 e. The molecule has 2 aromatic carbocycles. The van der Waals surface area contributed by atoms with Gasteiger partial charge >= 0.3 is 0 Å². The number of ether oxygens (including phenoxy) is 2. The lowest BCUT2D eigenvalue weighted by atomic mass is 10.1. The van der Waals surface area contributed by atoms with E-state index >= 15 is 0 Å². The Balaban J connectivity index is 1.69. The van der Waals surface area contributed by atoms with Crippen LogP contribution in [0.3, 0.4) is 0 Å². The van der Waals surface area contributed by atoms with Crippen molar-refractivity contribution in [2.24, 2.45) is 0 Å². The molecule has 2 aromatic rings. The molecule has 5 nitrogen and oxygen atoms in total. The Labute approximate surface area is 148 Å². The van der Waals surface area contributed by atoms with Gasteiger partial charge in [0.15, 0.2) is 0 Å². The lowest BCUT2D eigenvalue weighted by Crippen LogP contribution is -2.47. The number of methoxy groups -OCH3 is 1. The normalized spacial score (nSPS) is 20.2. The Hall–Kier alpha value is -2.53. The van der Waals surface area contributed by atoms with Crippen LogP contribution in [-0.2, 0) is 4.74 Å². The summed E-state index contributed by atoms with van der Waals surface area (Å²) in [7, 11) is 1.59. The summed E-state index contributed by atoms with van der Waals surface area (Å²) >= 11 is 0. The summed E-state index contributed by atoms with van der Waals surface area (Å²) in [5.74, 6) is 0.512. The largest absolute Gasteiger partial charge is 0.497 e. The minimum absolute atomic E-state index is 0.153. The Morgan fingerprint density at radius 3 is 2.68 bits per heavy atom. The summed E-state index contributed by atoms with van der Waals surface area (Å²) in [6.07, 6.45) is 0.226. The Bertz CT molecular complexity index is 730.